The highest BCUT2D eigenvalue weighted by atomic mass is 35.5. The summed E-state index contributed by atoms with van der Waals surface area (Å²) in [4.78, 5) is 20.1. The quantitative estimate of drug-likeness (QED) is 0.529. The molecular formula is C12H8ClN3O4. The molecule has 0 bridgehead atoms. The van der Waals surface area contributed by atoms with E-state index in [1.807, 2.05) is 0 Å². The van der Waals surface area contributed by atoms with Gasteiger partial charge in [-0.2, -0.15) is 0 Å². The molecule has 2 aromatic carbocycles. The maximum Gasteiger partial charge on any atom is 0.346 e. The number of para-hydroxylation sites is 1. The van der Waals surface area contributed by atoms with Gasteiger partial charge in [-0.25, -0.2) is 0 Å². The zero-order valence-corrected chi connectivity index (χ0v) is 10.7. The lowest BCUT2D eigenvalue weighted by Crippen LogP contribution is -1.97. The van der Waals surface area contributed by atoms with Crippen molar-refractivity contribution in [3.05, 3.63) is 61.6 Å². The van der Waals surface area contributed by atoms with Crippen LogP contribution >= 0.6 is 11.6 Å². The minimum atomic E-state index is -0.803. The van der Waals surface area contributed by atoms with E-state index in [0.717, 1.165) is 12.1 Å². The highest BCUT2D eigenvalue weighted by molar-refractivity contribution is 6.33. The molecule has 0 aliphatic carbocycles. The highest BCUT2D eigenvalue weighted by Gasteiger charge is 2.24. The van der Waals surface area contributed by atoms with E-state index in [9.17, 15) is 20.2 Å². The van der Waals surface area contributed by atoms with E-state index in [4.69, 9.17) is 17.3 Å². The van der Waals surface area contributed by atoms with Gasteiger partial charge in [-0.1, -0.05) is 23.7 Å². The first-order valence-corrected chi connectivity index (χ1v) is 5.77. The molecule has 0 heterocycles. The zero-order valence-electron chi connectivity index (χ0n) is 9.95. The maximum absolute atomic E-state index is 10.9. The van der Waals surface area contributed by atoms with Gasteiger partial charge in [-0.05, 0) is 17.7 Å². The van der Waals surface area contributed by atoms with Gasteiger partial charge in [0.15, 0.2) is 0 Å². The monoisotopic (exact) mass is 293 g/mol. The third-order valence-corrected chi connectivity index (χ3v) is 3.06. The number of benzene rings is 2. The Hall–Kier alpha value is -2.67. The van der Waals surface area contributed by atoms with Crippen LogP contribution < -0.4 is 5.73 Å². The van der Waals surface area contributed by atoms with Crippen LogP contribution in [0.1, 0.15) is 0 Å². The normalized spacial score (nSPS) is 10.2. The Morgan fingerprint density at radius 3 is 2.25 bits per heavy atom. The van der Waals surface area contributed by atoms with Crippen LogP contribution in [0.5, 0.6) is 0 Å². The summed E-state index contributed by atoms with van der Waals surface area (Å²) in [6.07, 6.45) is 0. The molecule has 0 fully saturated rings. The number of nitro benzene ring substituents is 2. The third kappa shape index (κ3) is 2.39. The van der Waals surface area contributed by atoms with E-state index < -0.39 is 21.2 Å². The molecule has 2 rings (SSSR count). The minimum Gasteiger partial charge on any atom is -0.397 e. The topological polar surface area (TPSA) is 112 Å². The van der Waals surface area contributed by atoms with Crippen molar-refractivity contribution in [2.24, 2.45) is 0 Å². The lowest BCUT2D eigenvalue weighted by atomic mass is 10.0. The fraction of sp³-hybridized carbons (Fsp3) is 0. The van der Waals surface area contributed by atoms with Gasteiger partial charge in [0.05, 0.1) is 20.6 Å². The number of nitrogens with zero attached hydrogens (tertiary/aromatic N) is 2. The van der Waals surface area contributed by atoms with Crippen LogP contribution in [-0.4, -0.2) is 9.85 Å². The van der Waals surface area contributed by atoms with Crippen molar-refractivity contribution in [1.82, 2.24) is 0 Å². The summed E-state index contributed by atoms with van der Waals surface area (Å²) in [5.41, 5.74) is 5.78. The molecule has 0 aliphatic rings. The van der Waals surface area contributed by atoms with Gasteiger partial charge in [0, 0.05) is 17.7 Å². The van der Waals surface area contributed by atoms with E-state index >= 15 is 0 Å². The van der Waals surface area contributed by atoms with E-state index in [1.54, 1.807) is 18.2 Å². The number of anilines is 1. The molecule has 0 spiro atoms. The summed E-state index contributed by atoms with van der Waals surface area (Å²) in [5.74, 6) is 0. The maximum atomic E-state index is 10.9. The van der Waals surface area contributed by atoms with Crippen LogP contribution in [0.15, 0.2) is 36.4 Å². The van der Waals surface area contributed by atoms with Gasteiger partial charge in [-0.3, -0.25) is 20.2 Å². The Labute approximate surface area is 117 Å². The van der Waals surface area contributed by atoms with Crippen molar-refractivity contribution in [1.29, 1.82) is 0 Å². The molecule has 20 heavy (non-hydrogen) atoms. The van der Waals surface area contributed by atoms with E-state index in [-0.39, 0.29) is 5.69 Å². The molecule has 0 atom stereocenters. The number of nitrogen functional groups attached to an aromatic ring is 1. The number of hydrogen-bond donors (Lipinski definition) is 1. The Bertz CT molecular complexity index is 718. The lowest BCUT2D eigenvalue weighted by Gasteiger charge is -2.07. The average molecular weight is 294 g/mol. The molecule has 0 saturated heterocycles. The summed E-state index contributed by atoms with van der Waals surface area (Å²) in [7, 11) is 0. The van der Waals surface area contributed by atoms with Crippen molar-refractivity contribution in [2.45, 2.75) is 0 Å². The van der Waals surface area contributed by atoms with Crippen molar-refractivity contribution in [3.63, 3.8) is 0 Å². The molecular weight excluding hydrogens is 286 g/mol. The zero-order chi connectivity index (χ0) is 14.9. The van der Waals surface area contributed by atoms with Gasteiger partial charge in [0.25, 0.3) is 0 Å². The highest BCUT2D eigenvalue weighted by Crippen LogP contribution is 2.36. The first-order chi connectivity index (χ1) is 9.41. The summed E-state index contributed by atoms with van der Waals surface area (Å²) in [5, 5.41) is 22.0. The van der Waals surface area contributed by atoms with Crippen LogP contribution in [0.4, 0.5) is 17.1 Å². The fourth-order valence-corrected chi connectivity index (χ4v) is 1.95. The molecule has 0 amide bonds. The van der Waals surface area contributed by atoms with Gasteiger partial charge < -0.3 is 5.73 Å². The summed E-state index contributed by atoms with van der Waals surface area (Å²) in [6.45, 7) is 0. The molecule has 0 radical (unpaired) electrons. The first-order valence-electron chi connectivity index (χ1n) is 5.39. The molecule has 102 valence electrons. The molecule has 2 N–H and O–H groups in total. The van der Waals surface area contributed by atoms with Crippen molar-refractivity contribution >= 4 is 28.7 Å². The standard InChI is InChI=1S/C12H8ClN3O4/c13-9-3-1-2-8(12(9)14)7-4-5-10(15(17)18)11(6-7)16(19)20/h1-6H,14H2. The predicted molar refractivity (Wildman–Crippen MR) is 74.6 cm³/mol. The number of nitro groups is 2. The summed E-state index contributed by atoms with van der Waals surface area (Å²) < 4.78 is 0. The number of hydrogen-bond acceptors (Lipinski definition) is 5. The molecule has 2 aromatic rings. The third-order valence-electron chi connectivity index (χ3n) is 2.73. The van der Waals surface area contributed by atoms with E-state index in [1.165, 1.54) is 6.07 Å². The largest absolute Gasteiger partial charge is 0.397 e. The lowest BCUT2D eigenvalue weighted by molar-refractivity contribution is -0.422. The van der Waals surface area contributed by atoms with E-state index in [0.29, 0.717) is 16.1 Å². The smallest absolute Gasteiger partial charge is 0.346 e. The second-order valence-electron chi connectivity index (χ2n) is 3.92. The Balaban J connectivity index is 2.65. The molecule has 0 saturated carbocycles. The summed E-state index contributed by atoms with van der Waals surface area (Å²) in [6, 6.07) is 8.44. The second-order valence-corrected chi connectivity index (χ2v) is 4.33. The second kappa shape index (κ2) is 5.14. The van der Waals surface area contributed by atoms with Crippen molar-refractivity contribution < 1.29 is 9.85 Å². The fourth-order valence-electron chi connectivity index (χ4n) is 1.78. The van der Waals surface area contributed by atoms with Crippen LogP contribution in [0, 0.1) is 20.2 Å². The van der Waals surface area contributed by atoms with Crippen LogP contribution in [0.2, 0.25) is 5.02 Å². The number of halogens is 1. The Morgan fingerprint density at radius 1 is 1.00 bits per heavy atom. The minimum absolute atomic E-state index is 0.261. The Kier molecular flexibility index (Phi) is 3.53. The van der Waals surface area contributed by atoms with Crippen LogP contribution in [0.3, 0.4) is 0 Å². The molecule has 0 aliphatic heterocycles. The van der Waals surface area contributed by atoms with Crippen LogP contribution in [0.25, 0.3) is 11.1 Å². The number of rotatable bonds is 3. The van der Waals surface area contributed by atoms with Crippen LogP contribution in [-0.2, 0) is 0 Å². The van der Waals surface area contributed by atoms with Gasteiger partial charge in [-0.15, -0.1) is 0 Å². The van der Waals surface area contributed by atoms with Gasteiger partial charge in [0.1, 0.15) is 0 Å². The van der Waals surface area contributed by atoms with Gasteiger partial charge >= 0.3 is 11.4 Å². The van der Waals surface area contributed by atoms with Crippen molar-refractivity contribution in [2.75, 3.05) is 5.73 Å². The first kappa shape index (κ1) is 13.8. The summed E-state index contributed by atoms with van der Waals surface area (Å²) >= 11 is 5.88. The average Bonchev–Trinajstić information content (AvgIpc) is 2.41. The molecule has 0 aromatic heterocycles. The van der Waals surface area contributed by atoms with E-state index in [2.05, 4.69) is 0 Å². The SMILES string of the molecule is Nc1c(Cl)cccc1-c1ccc([N+](=O)[O-])c([N+](=O)[O-])c1. The number of nitrogens with two attached hydrogens (primary N) is 1. The Morgan fingerprint density at radius 2 is 1.65 bits per heavy atom. The molecule has 0 unspecified atom stereocenters. The molecule has 7 nitrogen and oxygen atoms in total. The molecule has 8 heteroatoms. The van der Waals surface area contributed by atoms with Crippen molar-refractivity contribution in [3.8, 4) is 11.1 Å². The van der Waals surface area contributed by atoms with Gasteiger partial charge in [0.2, 0.25) is 0 Å². The predicted octanol–water partition coefficient (Wildman–Crippen LogP) is 3.41.